The van der Waals surface area contributed by atoms with E-state index in [4.69, 9.17) is 0 Å². The van der Waals surface area contributed by atoms with Gasteiger partial charge in [0.05, 0.1) is 4.90 Å². The molecule has 1 fully saturated rings. The molecule has 0 aromatic heterocycles. The third-order valence-electron chi connectivity index (χ3n) is 4.10. The summed E-state index contributed by atoms with van der Waals surface area (Å²) in [5, 5.41) is 3.43. The summed E-state index contributed by atoms with van der Waals surface area (Å²) < 4.78 is 26.9. The first kappa shape index (κ1) is 16.5. The summed E-state index contributed by atoms with van der Waals surface area (Å²) in [5.41, 5.74) is 1.13. The fraction of sp³-hybridized carbons (Fsp3) is 0.625. The van der Waals surface area contributed by atoms with E-state index in [0.29, 0.717) is 17.5 Å². The molecule has 1 aromatic rings. The van der Waals surface area contributed by atoms with E-state index in [2.05, 4.69) is 5.32 Å². The maximum atomic E-state index is 12.7. The highest BCUT2D eigenvalue weighted by Gasteiger charge is 2.26. The summed E-state index contributed by atoms with van der Waals surface area (Å²) in [6.07, 6.45) is 3.33. The number of rotatable bonds is 8. The molecule has 0 bridgehead atoms. The summed E-state index contributed by atoms with van der Waals surface area (Å²) in [6, 6.07) is 7.96. The number of benzene rings is 1. The molecule has 0 spiro atoms. The Morgan fingerprint density at radius 1 is 1.24 bits per heavy atom. The van der Waals surface area contributed by atoms with Crippen molar-refractivity contribution in [2.24, 2.45) is 0 Å². The molecule has 21 heavy (non-hydrogen) atoms. The van der Waals surface area contributed by atoms with Gasteiger partial charge in [-0.3, -0.25) is 0 Å². The van der Waals surface area contributed by atoms with E-state index in [9.17, 15) is 8.42 Å². The number of sulfonamides is 1. The summed E-state index contributed by atoms with van der Waals surface area (Å²) in [6.45, 7) is 7.16. The molecule has 5 heteroatoms. The molecule has 118 valence electrons. The quantitative estimate of drug-likeness (QED) is 0.803. The Balaban J connectivity index is 2.11. The standard InChI is InChI=1S/C16H26N2O2S/c1-4-13(3)18(5-2)21(19,20)16-10-6-14(7-11-16)12-17-15-8-9-15/h6-7,10-11,13,15,17H,4-5,8-9,12H2,1-3H3. The molecule has 0 saturated heterocycles. The van der Waals surface area contributed by atoms with E-state index < -0.39 is 10.0 Å². The van der Waals surface area contributed by atoms with Gasteiger partial charge in [0.2, 0.25) is 10.0 Å². The second-order valence-corrected chi connectivity index (χ2v) is 7.66. The molecule has 1 unspecified atom stereocenters. The molecule has 1 N–H and O–H groups in total. The molecule has 1 aromatic carbocycles. The molecule has 0 amide bonds. The Hall–Kier alpha value is -0.910. The summed E-state index contributed by atoms with van der Waals surface area (Å²) in [4.78, 5) is 0.389. The van der Waals surface area contributed by atoms with Gasteiger partial charge in [-0.05, 0) is 43.9 Å². The highest BCUT2D eigenvalue weighted by Crippen LogP contribution is 2.21. The minimum atomic E-state index is -3.39. The number of hydrogen-bond acceptors (Lipinski definition) is 3. The average Bonchev–Trinajstić information content (AvgIpc) is 3.30. The van der Waals surface area contributed by atoms with Gasteiger partial charge in [0.25, 0.3) is 0 Å². The SMILES string of the molecule is CCC(C)N(CC)S(=O)(=O)c1ccc(CNC2CC2)cc1. The van der Waals surface area contributed by atoms with Crippen molar-refractivity contribution in [2.75, 3.05) is 6.54 Å². The maximum Gasteiger partial charge on any atom is 0.243 e. The molecule has 4 nitrogen and oxygen atoms in total. The molecule has 1 aliphatic rings. The average molecular weight is 310 g/mol. The van der Waals surface area contributed by atoms with Crippen molar-refractivity contribution in [3.63, 3.8) is 0 Å². The van der Waals surface area contributed by atoms with Gasteiger partial charge in [-0.1, -0.05) is 26.0 Å². The van der Waals surface area contributed by atoms with Gasteiger partial charge in [0.15, 0.2) is 0 Å². The van der Waals surface area contributed by atoms with Crippen LogP contribution in [0.15, 0.2) is 29.2 Å². The highest BCUT2D eigenvalue weighted by molar-refractivity contribution is 7.89. The first-order valence-electron chi connectivity index (χ1n) is 7.83. The lowest BCUT2D eigenvalue weighted by Crippen LogP contribution is -2.38. The van der Waals surface area contributed by atoms with Crippen LogP contribution in [0, 0.1) is 0 Å². The maximum absolute atomic E-state index is 12.7. The predicted molar refractivity (Wildman–Crippen MR) is 85.6 cm³/mol. The second kappa shape index (κ2) is 6.90. The number of hydrogen-bond donors (Lipinski definition) is 1. The van der Waals surface area contributed by atoms with Crippen LogP contribution in [0.25, 0.3) is 0 Å². The normalized spacial score (nSPS) is 17.1. The monoisotopic (exact) mass is 310 g/mol. The van der Waals surface area contributed by atoms with Crippen molar-refractivity contribution in [3.05, 3.63) is 29.8 Å². The van der Waals surface area contributed by atoms with Crippen LogP contribution in [-0.4, -0.2) is 31.4 Å². The Morgan fingerprint density at radius 3 is 2.33 bits per heavy atom. The lowest BCUT2D eigenvalue weighted by molar-refractivity contribution is 0.342. The van der Waals surface area contributed by atoms with Gasteiger partial charge < -0.3 is 5.32 Å². The van der Waals surface area contributed by atoms with Gasteiger partial charge >= 0.3 is 0 Å². The third-order valence-corrected chi connectivity index (χ3v) is 6.20. The highest BCUT2D eigenvalue weighted by atomic mass is 32.2. The van der Waals surface area contributed by atoms with Crippen LogP contribution >= 0.6 is 0 Å². The van der Waals surface area contributed by atoms with Crippen molar-refractivity contribution in [3.8, 4) is 0 Å². The molecule has 1 saturated carbocycles. The van der Waals surface area contributed by atoms with Crippen LogP contribution in [0.4, 0.5) is 0 Å². The van der Waals surface area contributed by atoms with Crippen molar-refractivity contribution in [2.45, 2.75) is 63.6 Å². The van der Waals surface area contributed by atoms with Crippen LogP contribution in [-0.2, 0) is 16.6 Å². The first-order valence-corrected chi connectivity index (χ1v) is 9.27. The third kappa shape index (κ3) is 4.05. The molecule has 1 aliphatic carbocycles. The van der Waals surface area contributed by atoms with E-state index in [-0.39, 0.29) is 6.04 Å². The first-order chi connectivity index (χ1) is 9.98. The lowest BCUT2D eigenvalue weighted by atomic mass is 10.2. The molecule has 0 aliphatic heterocycles. The number of nitrogens with one attached hydrogen (secondary N) is 1. The van der Waals surface area contributed by atoms with E-state index in [0.717, 1.165) is 18.5 Å². The minimum Gasteiger partial charge on any atom is -0.310 e. The van der Waals surface area contributed by atoms with E-state index in [1.54, 1.807) is 16.4 Å². The van der Waals surface area contributed by atoms with Crippen LogP contribution < -0.4 is 5.32 Å². The second-order valence-electron chi connectivity index (χ2n) is 5.76. The smallest absolute Gasteiger partial charge is 0.243 e. The van der Waals surface area contributed by atoms with Gasteiger partial charge in [0.1, 0.15) is 0 Å². The van der Waals surface area contributed by atoms with Gasteiger partial charge in [-0.2, -0.15) is 4.31 Å². The Morgan fingerprint density at radius 2 is 1.86 bits per heavy atom. The van der Waals surface area contributed by atoms with E-state index in [1.165, 1.54) is 12.8 Å². The van der Waals surface area contributed by atoms with Crippen LogP contribution in [0.1, 0.15) is 45.6 Å². The van der Waals surface area contributed by atoms with E-state index >= 15 is 0 Å². The molecular weight excluding hydrogens is 284 g/mol. The minimum absolute atomic E-state index is 0.0243. The zero-order valence-corrected chi connectivity index (χ0v) is 14.0. The molecule has 2 rings (SSSR count). The van der Waals surface area contributed by atoms with Crippen molar-refractivity contribution >= 4 is 10.0 Å². The van der Waals surface area contributed by atoms with E-state index in [1.807, 2.05) is 32.9 Å². The van der Waals surface area contributed by atoms with Gasteiger partial charge in [-0.15, -0.1) is 0 Å². The van der Waals surface area contributed by atoms with Gasteiger partial charge in [0, 0.05) is 25.2 Å². The molecular formula is C16H26N2O2S. The molecule has 0 radical (unpaired) electrons. The Kier molecular flexibility index (Phi) is 5.41. The zero-order valence-electron chi connectivity index (χ0n) is 13.2. The molecule has 1 atom stereocenters. The van der Waals surface area contributed by atoms with Crippen molar-refractivity contribution in [1.29, 1.82) is 0 Å². The topological polar surface area (TPSA) is 49.4 Å². The van der Waals surface area contributed by atoms with Crippen molar-refractivity contribution < 1.29 is 8.42 Å². The van der Waals surface area contributed by atoms with Gasteiger partial charge in [-0.25, -0.2) is 8.42 Å². The summed E-state index contributed by atoms with van der Waals surface area (Å²) in [7, 11) is -3.39. The largest absolute Gasteiger partial charge is 0.310 e. The van der Waals surface area contributed by atoms with Crippen LogP contribution in [0.3, 0.4) is 0 Å². The fourth-order valence-corrected chi connectivity index (χ4v) is 4.10. The lowest BCUT2D eigenvalue weighted by Gasteiger charge is -2.26. The van der Waals surface area contributed by atoms with Crippen molar-refractivity contribution in [1.82, 2.24) is 9.62 Å². The fourth-order valence-electron chi connectivity index (χ4n) is 2.39. The Labute approximate surface area is 128 Å². The Bertz CT molecular complexity index is 550. The predicted octanol–water partition coefficient (Wildman–Crippen LogP) is 2.75. The van der Waals surface area contributed by atoms with Crippen LogP contribution in [0.5, 0.6) is 0 Å². The summed E-state index contributed by atoms with van der Waals surface area (Å²) >= 11 is 0. The summed E-state index contributed by atoms with van der Waals surface area (Å²) in [5.74, 6) is 0. The zero-order chi connectivity index (χ0) is 15.5. The molecule has 0 heterocycles. The van der Waals surface area contributed by atoms with Crippen LogP contribution in [0.2, 0.25) is 0 Å². The number of nitrogens with zero attached hydrogens (tertiary/aromatic N) is 1.